The van der Waals surface area contributed by atoms with Crippen LogP contribution in [0.15, 0.2) is 23.1 Å². The molecule has 0 radical (unpaired) electrons. The van der Waals surface area contributed by atoms with Gasteiger partial charge in [0.1, 0.15) is 6.04 Å². The second-order valence-electron chi connectivity index (χ2n) is 4.96. The van der Waals surface area contributed by atoms with E-state index in [9.17, 15) is 22.0 Å². The summed E-state index contributed by atoms with van der Waals surface area (Å²) >= 11 is 0. The molecular formula is C14H17F2NO4S. The molecule has 0 saturated carbocycles. The van der Waals surface area contributed by atoms with Gasteiger partial charge >= 0.3 is 5.97 Å². The number of ether oxygens (including phenoxy) is 1. The van der Waals surface area contributed by atoms with Gasteiger partial charge in [-0.3, -0.25) is 4.79 Å². The largest absolute Gasteiger partial charge is 0.465 e. The Morgan fingerprint density at radius 1 is 1.32 bits per heavy atom. The highest BCUT2D eigenvalue weighted by Gasteiger charge is 2.38. The van der Waals surface area contributed by atoms with Crippen LogP contribution >= 0.6 is 0 Å². The molecule has 0 aliphatic carbocycles. The maximum Gasteiger partial charge on any atom is 0.324 e. The van der Waals surface area contributed by atoms with E-state index in [0.717, 1.165) is 16.4 Å². The Morgan fingerprint density at radius 3 is 2.68 bits per heavy atom. The van der Waals surface area contributed by atoms with E-state index >= 15 is 0 Å². The monoisotopic (exact) mass is 333 g/mol. The van der Waals surface area contributed by atoms with Crippen molar-refractivity contribution < 1.29 is 26.7 Å². The molecule has 1 aliphatic heterocycles. The zero-order valence-corrected chi connectivity index (χ0v) is 12.9. The molecule has 0 amide bonds. The van der Waals surface area contributed by atoms with Crippen LogP contribution in [0.1, 0.15) is 26.2 Å². The molecule has 1 aromatic rings. The number of carbonyl (C=O) groups is 1. The molecule has 5 nitrogen and oxygen atoms in total. The van der Waals surface area contributed by atoms with E-state index in [1.807, 2.05) is 0 Å². The molecule has 0 spiro atoms. The van der Waals surface area contributed by atoms with Crippen LogP contribution in [-0.2, 0) is 19.6 Å². The van der Waals surface area contributed by atoms with Crippen LogP contribution in [0.2, 0.25) is 0 Å². The summed E-state index contributed by atoms with van der Waals surface area (Å²) in [5, 5.41) is 0. The van der Waals surface area contributed by atoms with Crippen LogP contribution in [0.4, 0.5) is 8.78 Å². The second kappa shape index (κ2) is 6.70. The standard InChI is InChI=1S/C14H17F2NO4S/c1-2-21-14(18)13-5-3-4-8-17(13)22(19,20)10-6-7-11(15)12(16)9-10/h6-7,9,13H,2-5,8H2,1H3/t13-/m1/s1. The molecule has 0 N–H and O–H groups in total. The number of carbonyl (C=O) groups excluding carboxylic acids is 1. The maximum absolute atomic E-state index is 13.3. The van der Waals surface area contributed by atoms with Crippen LogP contribution in [-0.4, -0.2) is 37.9 Å². The van der Waals surface area contributed by atoms with Crippen molar-refractivity contribution in [1.82, 2.24) is 4.31 Å². The summed E-state index contributed by atoms with van der Waals surface area (Å²) in [7, 11) is -4.09. The molecule has 1 aliphatic rings. The molecule has 0 bridgehead atoms. The summed E-state index contributed by atoms with van der Waals surface area (Å²) in [4.78, 5) is 11.6. The highest BCUT2D eigenvalue weighted by atomic mass is 32.2. The molecule has 22 heavy (non-hydrogen) atoms. The Hall–Kier alpha value is -1.54. The lowest BCUT2D eigenvalue weighted by Gasteiger charge is -2.32. The molecule has 2 rings (SSSR count). The molecule has 1 heterocycles. The van der Waals surface area contributed by atoms with E-state index in [1.165, 1.54) is 0 Å². The predicted octanol–water partition coefficient (Wildman–Crippen LogP) is 2.07. The van der Waals surface area contributed by atoms with Crippen LogP contribution in [0.3, 0.4) is 0 Å². The average Bonchev–Trinajstić information content (AvgIpc) is 2.50. The summed E-state index contributed by atoms with van der Waals surface area (Å²) in [5.74, 6) is -2.99. The van der Waals surface area contributed by atoms with Crippen molar-refractivity contribution >= 4 is 16.0 Å². The van der Waals surface area contributed by atoms with Crippen LogP contribution in [0, 0.1) is 11.6 Å². The van der Waals surface area contributed by atoms with Crippen molar-refractivity contribution in [1.29, 1.82) is 0 Å². The van der Waals surface area contributed by atoms with E-state index in [1.54, 1.807) is 6.92 Å². The number of hydrogen-bond donors (Lipinski definition) is 0. The van der Waals surface area contributed by atoms with Crippen molar-refractivity contribution in [2.45, 2.75) is 37.1 Å². The molecule has 0 unspecified atom stereocenters. The zero-order valence-electron chi connectivity index (χ0n) is 12.1. The lowest BCUT2D eigenvalue weighted by atomic mass is 10.1. The number of halogens is 2. The van der Waals surface area contributed by atoms with Crippen molar-refractivity contribution in [3.8, 4) is 0 Å². The fourth-order valence-corrected chi connectivity index (χ4v) is 4.10. The van der Waals surface area contributed by atoms with E-state index in [-0.39, 0.29) is 18.0 Å². The fourth-order valence-electron chi connectivity index (χ4n) is 2.44. The molecule has 1 saturated heterocycles. The number of benzene rings is 1. The molecule has 122 valence electrons. The minimum absolute atomic E-state index is 0.144. The van der Waals surface area contributed by atoms with Crippen molar-refractivity contribution in [2.24, 2.45) is 0 Å². The molecule has 1 aromatic carbocycles. The zero-order chi connectivity index (χ0) is 16.3. The van der Waals surface area contributed by atoms with E-state index in [4.69, 9.17) is 4.74 Å². The lowest BCUT2D eigenvalue weighted by molar-refractivity contribution is -0.148. The minimum Gasteiger partial charge on any atom is -0.465 e. The van der Waals surface area contributed by atoms with Gasteiger partial charge in [0.2, 0.25) is 10.0 Å². The van der Waals surface area contributed by atoms with Crippen molar-refractivity contribution in [2.75, 3.05) is 13.2 Å². The highest BCUT2D eigenvalue weighted by molar-refractivity contribution is 7.89. The third-order valence-electron chi connectivity index (χ3n) is 3.51. The number of rotatable bonds is 4. The lowest BCUT2D eigenvalue weighted by Crippen LogP contribution is -2.48. The summed E-state index contributed by atoms with van der Waals surface area (Å²) < 4.78 is 57.4. The van der Waals surface area contributed by atoms with Gasteiger partial charge in [-0.1, -0.05) is 0 Å². The van der Waals surface area contributed by atoms with Crippen molar-refractivity contribution in [3.63, 3.8) is 0 Å². The van der Waals surface area contributed by atoms with Gasteiger partial charge in [0, 0.05) is 6.54 Å². The predicted molar refractivity (Wildman–Crippen MR) is 74.5 cm³/mol. The summed E-state index contributed by atoms with van der Waals surface area (Å²) in [5.41, 5.74) is 0. The number of piperidine rings is 1. The normalized spacial score (nSPS) is 19.9. The molecule has 1 atom stereocenters. The van der Waals surface area contributed by atoms with Crippen LogP contribution in [0.25, 0.3) is 0 Å². The third kappa shape index (κ3) is 3.27. The number of sulfonamides is 1. The van der Waals surface area contributed by atoms with Gasteiger partial charge in [-0.25, -0.2) is 17.2 Å². The maximum atomic E-state index is 13.3. The third-order valence-corrected chi connectivity index (χ3v) is 5.41. The van der Waals surface area contributed by atoms with Gasteiger partial charge in [-0.15, -0.1) is 0 Å². The highest BCUT2D eigenvalue weighted by Crippen LogP contribution is 2.27. The van der Waals surface area contributed by atoms with Gasteiger partial charge in [-0.05, 0) is 44.4 Å². The molecular weight excluding hydrogens is 316 g/mol. The first-order chi connectivity index (χ1) is 10.4. The molecule has 1 fully saturated rings. The van der Waals surface area contributed by atoms with E-state index in [0.29, 0.717) is 25.3 Å². The Labute approximate surface area is 127 Å². The molecule has 8 heteroatoms. The van der Waals surface area contributed by atoms with Crippen LogP contribution in [0.5, 0.6) is 0 Å². The smallest absolute Gasteiger partial charge is 0.324 e. The van der Waals surface area contributed by atoms with Gasteiger partial charge in [0.15, 0.2) is 11.6 Å². The Balaban J connectivity index is 2.36. The van der Waals surface area contributed by atoms with Crippen LogP contribution < -0.4 is 0 Å². The second-order valence-corrected chi connectivity index (χ2v) is 6.85. The van der Waals surface area contributed by atoms with E-state index in [2.05, 4.69) is 0 Å². The number of nitrogens with zero attached hydrogens (tertiary/aromatic N) is 1. The van der Waals surface area contributed by atoms with Gasteiger partial charge in [0.05, 0.1) is 11.5 Å². The number of hydrogen-bond acceptors (Lipinski definition) is 4. The first-order valence-electron chi connectivity index (χ1n) is 7.01. The topological polar surface area (TPSA) is 63.7 Å². The fraction of sp³-hybridized carbons (Fsp3) is 0.500. The summed E-state index contributed by atoms with van der Waals surface area (Å²) in [6, 6.07) is 1.45. The summed E-state index contributed by atoms with van der Waals surface area (Å²) in [6.07, 6.45) is 1.65. The first kappa shape index (κ1) is 16.8. The van der Waals surface area contributed by atoms with Crippen molar-refractivity contribution in [3.05, 3.63) is 29.8 Å². The van der Waals surface area contributed by atoms with Gasteiger partial charge in [0.25, 0.3) is 0 Å². The summed E-state index contributed by atoms with van der Waals surface area (Å²) in [6.45, 7) is 1.92. The minimum atomic E-state index is -4.09. The van der Waals surface area contributed by atoms with Gasteiger partial charge < -0.3 is 4.74 Å². The van der Waals surface area contributed by atoms with Gasteiger partial charge in [-0.2, -0.15) is 4.31 Å². The first-order valence-corrected chi connectivity index (χ1v) is 8.45. The quantitative estimate of drug-likeness (QED) is 0.792. The molecule has 0 aromatic heterocycles. The van der Waals surface area contributed by atoms with E-state index < -0.39 is 33.7 Å². The Morgan fingerprint density at radius 2 is 2.05 bits per heavy atom. The SMILES string of the molecule is CCOC(=O)[C@H]1CCCCN1S(=O)(=O)c1ccc(F)c(F)c1. The Kier molecular flexibility index (Phi) is 5.12. The Bertz CT molecular complexity index is 663. The average molecular weight is 333 g/mol. The number of esters is 1.